The summed E-state index contributed by atoms with van der Waals surface area (Å²) in [6, 6.07) is 0.387. The molecule has 0 bridgehead atoms. The van der Waals surface area contributed by atoms with E-state index in [9.17, 15) is 5.11 Å². The number of rotatable bonds is 12. The molecule has 0 saturated heterocycles. The lowest BCUT2D eigenvalue weighted by Crippen LogP contribution is -2.42. The van der Waals surface area contributed by atoms with E-state index in [4.69, 9.17) is 9.47 Å². The van der Waals surface area contributed by atoms with Crippen LogP contribution in [0.3, 0.4) is 0 Å². The van der Waals surface area contributed by atoms with Gasteiger partial charge < -0.3 is 19.9 Å². The smallest absolute Gasteiger partial charge is 0.0897 e. The minimum atomic E-state index is -0.424. The Kier molecular flexibility index (Phi) is 10.3. The number of hydrogen-bond acceptors (Lipinski definition) is 4. The van der Waals surface area contributed by atoms with E-state index in [1.54, 1.807) is 7.11 Å². The molecule has 126 valence electrons. The summed E-state index contributed by atoms with van der Waals surface area (Å²) in [6.45, 7) is 6.24. The fraction of sp³-hybridized carbons (Fsp3) is 1.00. The van der Waals surface area contributed by atoms with Crippen molar-refractivity contribution in [3.8, 4) is 0 Å². The van der Waals surface area contributed by atoms with E-state index in [0.717, 1.165) is 25.9 Å². The van der Waals surface area contributed by atoms with Crippen LogP contribution >= 0.6 is 0 Å². The van der Waals surface area contributed by atoms with Gasteiger partial charge in [0.25, 0.3) is 0 Å². The van der Waals surface area contributed by atoms with Crippen molar-refractivity contribution in [2.24, 2.45) is 5.92 Å². The number of aliphatic hydroxyl groups is 1. The zero-order chi connectivity index (χ0) is 15.5. The molecule has 0 spiro atoms. The van der Waals surface area contributed by atoms with Gasteiger partial charge in [-0.3, -0.25) is 0 Å². The number of aliphatic hydroxyl groups excluding tert-OH is 1. The molecular formula is C17H35NO3. The van der Waals surface area contributed by atoms with Gasteiger partial charge in [0.2, 0.25) is 0 Å². The summed E-state index contributed by atoms with van der Waals surface area (Å²) in [5, 5.41) is 13.4. The second-order valence-corrected chi connectivity index (χ2v) is 6.33. The maximum absolute atomic E-state index is 10.0. The predicted molar refractivity (Wildman–Crippen MR) is 86.6 cm³/mol. The third-order valence-electron chi connectivity index (χ3n) is 4.58. The van der Waals surface area contributed by atoms with E-state index >= 15 is 0 Å². The fourth-order valence-electron chi connectivity index (χ4n) is 3.06. The van der Waals surface area contributed by atoms with Crippen LogP contribution in [0.2, 0.25) is 0 Å². The molecule has 1 saturated carbocycles. The van der Waals surface area contributed by atoms with Crippen molar-refractivity contribution in [3.63, 3.8) is 0 Å². The normalized spacial score (nSPS) is 25.1. The van der Waals surface area contributed by atoms with E-state index in [-0.39, 0.29) is 0 Å². The molecule has 1 rings (SSSR count). The molecule has 0 amide bonds. The highest BCUT2D eigenvalue weighted by atomic mass is 16.5. The fourth-order valence-corrected chi connectivity index (χ4v) is 3.06. The largest absolute Gasteiger partial charge is 0.389 e. The van der Waals surface area contributed by atoms with Gasteiger partial charge >= 0.3 is 0 Å². The molecule has 1 aliphatic rings. The molecule has 0 aromatic heterocycles. The number of methoxy groups -OCH3 is 1. The molecule has 4 unspecified atom stereocenters. The van der Waals surface area contributed by atoms with Crippen LogP contribution in [0.15, 0.2) is 0 Å². The maximum Gasteiger partial charge on any atom is 0.0897 e. The van der Waals surface area contributed by atoms with Crippen LogP contribution < -0.4 is 5.32 Å². The predicted octanol–water partition coefficient (Wildman–Crippen LogP) is 2.74. The number of hydrogen-bond donors (Lipinski definition) is 2. The summed E-state index contributed by atoms with van der Waals surface area (Å²) in [6.07, 6.45) is 8.25. The van der Waals surface area contributed by atoms with Gasteiger partial charge in [-0.05, 0) is 31.6 Å². The highest BCUT2D eigenvalue weighted by Crippen LogP contribution is 2.21. The molecule has 0 aromatic rings. The number of nitrogens with one attached hydrogen (secondary N) is 1. The lowest BCUT2D eigenvalue weighted by Gasteiger charge is -2.22. The van der Waals surface area contributed by atoms with Gasteiger partial charge in [0.05, 0.1) is 18.8 Å². The molecule has 4 nitrogen and oxygen atoms in total. The van der Waals surface area contributed by atoms with Crippen molar-refractivity contribution in [2.45, 2.75) is 77.0 Å². The Morgan fingerprint density at radius 3 is 2.71 bits per heavy atom. The topological polar surface area (TPSA) is 50.7 Å². The first kappa shape index (κ1) is 18.9. The third-order valence-corrected chi connectivity index (χ3v) is 4.58. The van der Waals surface area contributed by atoms with Gasteiger partial charge in [0, 0.05) is 26.3 Å². The standard InChI is InChI=1S/C17H35NO3/c1-4-6-8-14(5-2)12-21-13-15(19)11-18-16-9-7-10-17(16)20-3/h14-19H,4-13H2,1-3H3. The molecule has 0 heterocycles. The first-order chi connectivity index (χ1) is 10.2. The van der Waals surface area contributed by atoms with Crippen molar-refractivity contribution in [3.05, 3.63) is 0 Å². The van der Waals surface area contributed by atoms with Crippen LogP contribution in [0.1, 0.15) is 58.8 Å². The summed E-state index contributed by atoms with van der Waals surface area (Å²) in [4.78, 5) is 0. The Morgan fingerprint density at radius 1 is 1.24 bits per heavy atom. The van der Waals surface area contributed by atoms with E-state index in [1.165, 1.54) is 25.7 Å². The van der Waals surface area contributed by atoms with Crippen LogP contribution in [-0.2, 0) is 9.47 Å². The van der Waals surface area contributed by atoms with E-state index in [0.29, 0.717) is 31.2 Å². The molecule has 0 aliphatic heterocycles. The minimum absolute atomic E-state index is 0.302. The zero-order valence-corrected chi connectivity index (χ0v) is 14.1. The van der Waals surface area contributed by atoms with Crippen molar-refractivity contribution in [1.29, 1.82) is 0 Å². The first-order valence-electron chi connectivity index (χ1n) is 8.73. The van der Waals surface area contributed by atoms with Gasteiger partial charge in [0.15, 0.2) is 0 Å². The lowest BCUT2D eigenvalue weighted by atomic mass is 10.0. The quantitative estimate of drug-likeness (QED) is 0.582. The Labute approximate surface area is 130 Å². The highest BCUT2D eigenvalue weighted by molar-refractivity contribution is 4.84. The Morgan fingerprint density at radius 2 is 2.05 bits per heavy atom. The summed E-state index contributed by atoms with van der Waals surface area (Å²) in [7, 11) is 1.77. The highest BCUT2D eigenvalue weighted by Gasteiger charge is 2.26. The molecule has 0 aromatic carbocycles. The van der Waals surface area contributed by atoms with Crippen molar-refractivity contribution >= 4 is 0 Å². The molecule has 4 atom stereocenters. The van der Waals surface area contributed by atoms with Gasteiger partial charge in [-0.25, -0.2) is 0 Å². The lowest BCUT2D eigenvalue weighted by molar-refractivity contribution is 0.0145. The van der Waals surface area contributed by atoms with Crippen LogP contribution in [0.5, 0.6) is 0 Å². The molecule has 1 fully saturated rings. The van der Waals surface area contributed by atoms with E-state index < -0.39 is 6.10 Å². The van der Waals surface area contributed by atoms with Gasteiger partial charge in [-0.15, -0.1) is 0 Å². The minimum Gasteiger partial charge on any atom is -0.389 e. The molecule has 0 radical (unpaired) electrons. The third kappa shape index (κ3) is 7.59. The molecule has 21 heavy (non-hydrogen) atoms. The summed E-state index contributed by atoms with van der Waals surface area (Å²) in [5.74, 6) is 0.637. The van der Waals surface area contributed by atoms with Crippen LogP contribution in [0.4, 0.5) is 0 Å². The van der Waals surface area contributed by atoms with Crippen molar-refractivity contribution in [1.82, 2.24) is 5.32 Å². The average Bonchev–Trinajstić information content (AvgIpc) is 2.96. The molecule has 2 N–H and O–H groups in total. The summed E-state index contributed by atoms with van der Waals surface area (Å²) < 4.78 is 11.1. The van der Waals surface area contributed by atoms with Gasteiger partial charge in [-0.1, -0.05) is 33.1 Å². The Hall–Kier alpha value is -0.160. The average molecular weight is 301 g/mol. The zero-order valence-electron chi connectivity index (χ0n) is 14.1. The van der Waals surface area contributed by atoms with Crippen molar-refractivity contribution < 1.29 is 14.6 Å². The van der Waals surface area contributed by atoms with E-state index in [1.807, 2.05) is 0 Å². The van der Waals surface area contributed by atoms with Gasteiger partial charge in [0.1, 0.15) is 0 Å². The second kappa shape index (κ2) is 11.4. The first-order valence-corrected chi connectivity index (χ1v) is 8.73. The molecule has 1 aliphatic carbocycles. The Bertz CT molecular complexity index is 250. The van der Waals surface area contributed by atoms with Gasteiger partial charge in [-0.2, -0.15) is 0 Å². The van der Waals surface area contributed by atoms with Crippen LogP contribution in [0, 0.1) is 5.92 Å². The van der Waals surface area contributed by atoms with E-state index in [2.05, 4.69) is 19.2 Å². The second-order valence-electron chi connectivity index (χ2n) is 6.33. The summed E-state index contributed by atoms with van der Waals surface area (Å²) >= 11 is 0. The van der Waals surface area contributed by atoms with Crippen molar-refractivity contribution in [2.75, 3.05) is 26.9 Å². The number of ether oxygens (including phenoxy) is 2. The van der Waals surface area contributed by atoms with Crippen LogP contribution in [0.25, 0.3) is 0 Å². The van der Waals surface area contributed by atoms with Crippen LogP contribution in [-0.4, -0.2) is 50.2 Å². The monoisotopic (exact) mass is 301 g/mol. The maximum atomic E-state index is 10.0. The molecular weight excluding hydrogens is 266 g/mol. The summed E-state index contributed by atoms with van der Waals surface area (Å²) in [5.41, 5.74) is 0. The Balaban J connectivity index is 2.09. The molecule has 4 heteroatoms. The number of unbranched alkanes of at least 4 members (excludes halogenated alkanes) is 1. The SMILES string of the molecule is CCCCC(CC)COCC(O)CNC1CCCC1OC.